The number of hydrazone groups is 1. The number of amides is 1. The van der Waals surface area contributed by atoms with E-state index in [0.717, 1.165) is 3.57 Å². The number of carbonyl (C=O) groups excluding carboxylic acids is 2. The predicted octanol–water partition coefficient (Wildman–Crippen LogP) is 4.91. The first kappa shape index (κ1) is 26.1. The van der Waals surface area contributed by atoms with Crippen molar-refractivity contribution in [3.8, 4) is 11.5 Å². The quantitative estimate of drug-likeness (QED) is 0.0978. The minimum atomic E-state index is -1.94. The van der Waals surface area contributed by atoms with Crippen LogP contribution in [0.3, 0.4) is 0 Å². The van der Waals surface area contributed by atoms with Gasteiger partial charge in [-0.3, -0.25) is 4.79 Å². The van der Waals surface area contributed by atoms with Crippen molar-refractivity contribution >= 4 is 40.7 Å². The van der Waals surface area contributed by atoms with Gasteiger partial charge >= 0.3 is 5.97 Å². The summed E-state index contributed by atoms with van der Waals surface area (Å²) in [6, 6.07) is 29.3. The number of ether oxygens (including phenoxy) is 2. The maximum atomic E-state index is 13.2. The van der Waals surface area contributed by atoms with Crippen molar-refractivity contribution in [2.24, 2.45) is 5.10 Å². The highest BCUT2D eigenvalue weighted by Crippen LogP contribution is 2.31. The van der Waals surface area contributed by atoms with Gasteiger partial charge < -0.3 is 14.6 Å². The Kier molecular flexibility index (Phi) is 8.32. The number of aliphatic hydroxyl groups is 1. The molecule has 0 heterocycles. The second-order valence-electron chi connectivity index (χ2n) is 7.92. The Morgan fingerprint density at radius 1 is 0.865 bits per heavy atom. The molecule has 2 N–H and O–H groups in total. The van der Waals surface area contributed by atoms with Gasteiger partial charge in [-0.1, -0.05) is 72.8 Å². The minimum Gasteiger partial charge on any atom is -0.493 e. The van der Waals surface area contributed by atoms with Crippen LogP contribution < -0.4 is 14.9 Å². The van der Waals surface area contributed by atoms with Crippen LogP contribution in [0.4, 0.5) is 0 Å². The zero-order valence-corrected chi connectivity index (χ0v) is 22.0. The van der Waals surface area contributed by atoms with Gasteiger partial charge in [-0.15, -0.1) is 0 Å². The fourth-order valence-electron chi connectivity index (χ4n) is 3.66. The molecule has 7 nitrogen and oxygen atoms in total. The molecule has 0 saturated carbocycles. The molecule has 4 aromatic rings. The number of nitrogens with zero attached hydrogens (tertiary/aromatic N) is 1. The largest absolute Gasteiger partial charge is 0.493 e. The number of carbonyl (C=O) groups is 2. The van der Waals surface area contributed by atoms with Crippen LogP contribution in [0.2, 0.25) is 0 Å². The van der Waals surface area contributed by atoms with Crippen LogP contribution in [0.1, 0.15) is 27.0 Å². The molecule has 0 atom stereocenters. The monoisotopic (exact) mass is 606 g/mol. The average Bonchev–Trinajstić information content (AvgIpc) is 2.94. The SMILES string of the molecule is COc1cc(/C=N\NC(=O)C(O)(c2ccccc2)c2ccccc2)ccc1OC(=O)c1ccccc1I. The van der Waals surface area contributed by atoms with Gasteiger partial charge in [0, 0.05) is 3.57 Å². The van der Waals surface area contributed by atoms with Crippen molar-refractivity contribution in [3.05, 3.63) is 129 Å². The normalized spacial score (nSPS) is 11.2. The zero-order valence-electron chi connectivity index (χ0n) is 19.8. The summed E-state index contributed by atoms with van der Waals surface area (Å²) in [6.07, 6.45) is 1.41. The van der Waals surface area contributed by atoms with Crippen LogP contribution in [0.25, 0.3) is 0 Å². The van der Waals surface area contributed by atoms with Gasteiger partial charge in [0.15, 0.2) is 17.1 Å². The third kappa shape index (κ3) is 5.87. The maximum absolute atomic E-state index is 13.2. The van der Waals surface area contributed by atoms with Gasteiger partial charge in [0.1, 0.15) is 0 Å². The Morgan fingerprint density at radius 3 is 2.05 bits per heavy atom. The second-order valence-corrected chi connectivity index (χ2v) is 9.08. The Bertz CT molecular complexity index is 1390. The molecule has 0 spiro atoms. The lowest BCUT2D eigenvalue weighted by atomic mass is 9.85. The van der Waals surface area contributed by atoms with Crippen LogP contribution in [0.15, 0.2) is 108 Å². The number of esters is 1. The highest BCUT2D eigenvalue weighted by Gasteiger charge is 2.39. The third-order valence-electron chi connectivity index (χ3n) is 5.58. The molecule has 0 aliphatic heterocycles. The number of rotatable bonds is 8. The molecular formula is C29H23IN2O5. The van der Waals surface area contributed by atoms with Gasteiger partial charge in [0.2, 0.25) is 0 Å². The smallest absolute Gasteiger partial charge is 0.344 e. The fourth-order valence-corrected chi connectivity index (χ4v) is 4.27. The van der Waals surface area contributed by atoms with E-state index in [-0.39, 0.29) is 5.75 Å². The summed E-state index contributed by atoms with van der Waals surface area (Å²) >= 11 is 2.07. The Labute approximate surface area is 227 Å². The highest BCUT2D eigenvalue weighted by atomic mass is 127. The molecule has 0 saturated heterocycles. The maximum Gasteiger partial charge on any atom is 0.344 e. The highest BCUT2D eigenvalue weighted by molar-refractivity contribution is 14.1. The lowest BCUT2D eigenvalue weighted by Gasteiger charge is -2.27. The molecule has 4 aromatic carbocycles. The lowest BCUT2D eigenvalue weighted by molar-refractivity contribution is -0.136. The first-order valence-corrected chi connectivity index (χ1v) is 12.3. The molecular weight excluding hydrogens is 583 g/mol. The van der Waals surface area contributed by atoms with Crippen molar-refractivity contribution in [2.75, 3.05) is 7.11 Å². The van der Waals surface area contributed by atoms with Crippen LogP contribution in [-0.2, 0) is 10.4 Å². The summed E-state index contributed by atoms with van der Waals surface area (Å²) in [5.41, 5.74) is 2.34. The molecule has 0 radical (unpaired) electrons. The van der Waals surface area contributed by atoms with Crippen molar-refractivity contribution in [1.82, 2.24) is 5.43 Å². The van der Waals surface area contributed by atoms with Crippen molar-refractivity contribution < 1.29 is 24.2 Å². The molecule has 0 aromatic heterocycles. The molecule has 0 aliphatic carbocycles. The first-order chi connectivity index (χ1) is 17.9. The van der Waals surface area contributed by atoms with Gasteiger partial charge in [-0.05, 0) is 69.6 Å². The average molecular weight is 606 g/mol. The Balaban J connectivity index is 1.51. The van der Waals surface area contributed by atoms with E-state index in [2.05, 4.69) is 33.1 Å². The van der Waals surface area contributed by atoms with E-state index in [4.69, 9.17) is 9.47 Å². The number of hydrogen-bond acceptors (Lipinski definition) is 6. The molecule has 8 heteroatoms. The van der Waals surface area contributed by atoms with Crippen LogP contribution in [0.5, 0.6) is 11.5 Å². The van der Waals surface area contributed by atoms with Gasteiger partial charge in [-0.2, -0.15) is 5.10 Å². The number of benzene rings is 4. The van der Waals surface area contributed by atoms with Crippen LogP contribution >= 0.6 is 22.6 Å². The topological polar surface area (TPSA) is 97.2 Å². The standard InChI is InChI=1S/C29H23IN2O5/c1-36-26-18-20(16-17-25(26)37-27(33)23-14-8-9-15-24(23)30)19-31-32-28(34)29(35,21-10-4-2-5-11-21)22-12-6-3-7-13-22/h2-19,35H,1H3,(H,32,34)/b31-19-. The molecule has 0 bridgehead atoms. The Morgan fingerprint density at radius 2 is 1.46 bits per heavy atom. The van der Waals surface area contributed by atoms with E-state index < -0.39 is 17.5 Å². The summed E-state index contributed by atoms with van der Waals surface area (Å²) in [5.74, 6) is -0.648. The molecule has 0 fully saturated rings. The fraction of sp³-hybridized carbons (Fsp3) is 0.0690. The Hall–Kier alpha value is -4.02. The lowest BCUT2D eigenvalue weighted by Crippen LogP contribution is -2.43. The molecule has 0 unspecified atom stereocenters. The minimum absolute atomic E-state index is 0.246. The second kappa shape index (κ2) is 11.8. The molecule has 186 valence electrons. The summed E-state index contributed by atoms with van der Waals surface area (Å²) in [6.45, 7) is 0. The predicted molar refractivity (Wildman–Crippen MR) is 149 cm³/mol. The third-order valence-corrected chi connectivity index (χ3v) is 6.52. The van der Waals surface area contributed by atoms with Crippen molar-refractivity contribution in [1.29, 1.82) is 0 Å². The van der Waals surface area contributed by atoms with E-state index in [1.165, 1.54) is 13.3 Å². The van der Waals surface area contributed by atoms with E-state index in [1.54, 1.807) is 91.0 Å². The van der Waals surface area contributed by atoms with E-state index in [1.807, 2.05) is 12.1 Å². The molecule has 4 rings (SSSR count). The van der Waals surface area contributed by atoms with Gasteiger partial charge in [0.05, 0.1) is 18.9 Å². The van der Waals surface area contributed by atoms with E-state index >= 15 is 0 Å². The molecule has 0 aliphatic rings. The van der Waals surface area contributed by atoms with Crippen LogP contribution in [-0.4, -0.2) is 30.3 Å². The summed E-state index contributed by atoms with van der Waals surface area (Å²) in [5, 5.41) is 15.5. The summed E-state index contributed by atoms with van der Waals surface area (Å²) in [4.78, 5) is 25.7. The number of methoxy groups -OCH3 is 1. The van der Waals surface area contributed by atoms with E-state index in [0.29, 0.717) is 28.0 Å². The van der Waals surface area contributed by atoms with Crippen molar-refractivity contribution in [2.45, 2.75) is 5.60 Å². The summed E-state index contributed by atoms with van der Waals surface area (Å²) < 4.78 is 11.7. The number of halogens is 1. The van der Waals surface area contributed by atoms with Crippen LogP contribution in [0, 0.1) is 3.57 Å². The zero-order chi connectivity index (χ0) is 26.3. The number of hydrogen-bond donors (Lipinski definition) is 2. The van der Waals surface area contributed by atoms with Crippen molar-refractivity contribution in [3.63, 3.8) is 0 Å². The number of nitrogens with one attached hydrogen (secondary N) is 1. The first-order valence-electron chi connectivity index (χ1n) is 11.2. The van der Waals surface area contributed by atoms with Gasteiger partial charge in [0.25, 0.3) is 5.91 Å². The summed E-state index contributed by atoms with van der Waals surface area (Å²) in [7, 11) is 1.46. The molecule has 37 heavy (non-hydrogen) atoms. The molecule has 1 amide bonds. The van der Waals surface area contributed by atoms with E-state index in [9.17, 15) is 14.7 Å². The van der Waals surface area contributed by atoms with Gasteiger partial charge in [-0.25, -0.2) is 10.2 Å².